The normalized spacial score (nSPS) is 10.1. The summed E-state index contributed by atoms with van der Waals surface area (Å²) in [4.78, 5) is 21.6. The van der Waals surface area contributed by atoms with E-state index >= 15 is 0 Å². The zero-order valence-electron chi connectivity index (χ0n) is 9.69. The number of nitrogens with zero attached hydrogens (tertiary/aromatic N) is 1. The van der Waals surface area contributed by atoms with E-state index in [9.17, 15) is 14.9 Å². The van der Waals surface area contributed by atoms with E-state index in [2.05, 4.69) is 21.2 Å². The lowest BCUT2D eigenvalue weighted by Crippen LogP contribution is -2.12. The topological polar surface area (TPSA) is 98.3 Å². The van der Waals surface area contributed by atoms with Crippen LogP contribution >= 0.6 is 15.9 Å². The molecular weight excluding hydrogens is 302 g/mol. The predicted molar refractivity (Wildman–Crippen MR) is 72.3 cm³/mol. The molecule has 0 atom stereocenters. The maximum Gasteiger partial charge on any atom is 0.270 e. The number of benzene rings is 1. The Morgan fingerprint density at radius 1 is 1.44 bits per heavy atom. The van der Waals surface area contributed by atoms with Crippen LogP contribution in [0.15, 0.2) is 22.7 Å². The molecule has 98 valence electrons. The molecule has 1 rings (SSSR count). The zero-order chi connectivity index (χ0) is 13.5. The van der Waals surface area contributed by atoms with E-state index in [1.807, 2.05) is 0 Å². The van der Waals surface area contributed by atoms with E-state index < -0.39 is 4.92 Å². The van der Waals surface area contributed by atoms with Crippen LogP contribution in [-0.4, -0.2) is 17.4 Å². The molecule has 0 saturated heterocycles. The molecular formula is C11H14BrN3O3. The van der Waals surface area contributed by atoms with Gasteiger partial charge in [-0.2, -0.15) is 0 Å². The van der Waals surface area contributed by atoms with Gasteiger partial charge in [-0.25, -0.2) is 0 Å². The van der Waals surface area contributed by atoms with Gasteiger partial charge in [0.05, 0.1) is 10.6 Å². The minimum atomic E-state index is -0.488. The number of rotatable bonds is 6. The average molecular weight is 316 g/mol. The second-order valence-corrected chi connectivity index (χ2v) is 4.57. The molecule has 0 aliphatic heterocycles. The van der Waals surface area contributed by atoms with Crippen LogP contribution < -0.4 is 11.1 Å². The molecule has 3 N–H and O–H groups in total. The van der Waals surface area contributed by atoms with Gasteiger partial charge in [0, 0.05) is 23.0 Å². The second-order valence-electron chi connectivity index (χ2n) is 3.72. The highest BCUT2D eigenvalue weighted by Crippen LogP contribution is 2.27. The quantitative estimate of drug-likeness (QED) is 0.478. The van der Waals surface area contributed by atoms with Crippen LogP contribution in [0.2, 0.25) is 0 Å². The summed E-state index contributed by atoms with van der Waals surface area (Å²) in [5.74, 6) is -0.127. The molecule has 0 aliphatic carbocycles. The van der Waals surface area contributed by atoms with Gasteiger partial charge in [0.2, 0.25) is 5.91 Å². The number of nitro benzene ring substituents is 1. The molecule has 0 unspecified atom stereocenters. The Morgan fingerprint density at radius 2 is 2.17 bits per heavy atom. The largest absolute Gasteiger partial charge is 0.330 e. The number of nitrogens with two attached hydrogens (primary N) is 1. The summed E-state index contributed by atoms with van der Waals surface area (Å²) in [7, 11) is 0. The number of unbranched alkanes of at least 4 members (excludes halogenated alkanes) is 1. The van der Waals surface area contributed by atoms with E-state index in [0.717, 1.165) is 12.8 Å². The average Bonchev–Trinajstić information content (AvgIpc) is 2.32. The van der Waals surface area contributed by atoms with E-state index in [1.165, 1.54) is 18.2 Å². The second kappa shape index (κ2) is 7.07. The number of non-ortho nitro benzene ring substituents is 1. The van der Waals surface area contributed by atoms with E-state index in [4.69, 9.17) is 5.73 Å². The smallest absolute Gasteiger partial charge is 0.270 e. The third-order valence-corrected chi connectivity index (χ3v) is 2.95. The predicted octanol–water partition coefficient (Wildman–Crippen LogP) is 2.42. The number of halogens is 1. The fourth-order valence-corrected chi connectivity index (χ4v) is 1.83. The van der Waals surface area contributed by atoms with Crippen molar-refractivity contribution in [3.05, 3.63) is 32.8 Å². The zero-order valence-corrected chi connectivity index (χ0v) is 11.3. The van der Waals surface area contributed by atoms with Crippen LogP contribution in [0.4, 0.5) is 11.4 Å². The summed E-state index contributed by atoms with van der Waals surface area (Å²) >= 11 is 3.19. The molecule has 0 fully saturated rings. The highest BCUT2D eigenvalue weighted by molar-refractivity contribution is 9.10. The molecule has 6 nitrogen and oxygen atoms in total. The molecule has 0 radical (unpaired) electrons. The van der Waals surface area contributed by atoms with E-state index in [-0.39, 0.29) is 11.6 Å². The first-order valence-electron chi connectivity index (χ1n) is 5.48. The van der Waals surface area contributed by atoms with Crippen molar-refractivity contribution >= 4 is 33.2 Å². The Hall–Kier alpha value is -1.47. The van der Waals surface area contributed by atoms with Crippen molar-refractivity contribution in [2.24, 2.45) is 5.73 Å². The molecule has 0 saturated carbocycles. The molecule has 18 heavy (non-hydrogen) atoms. The maximum atomic E-state index is 11.6. The summed E-state index contributed by atoms with van der Waals surface area (Å²) in [5, 5.41) is 13.2. The van der Waals surface area contributed by atoms with Gasteiger partial charge < -0.3 is 11.1 Å². The van der Waals surface area contributed by atoms with Crippen molar-refractivity contribution in [3.63, 3.8) is 0 Å². The monoisotopic (exact) mass is 315 g/mol. The molecule has 1 aromatic carbocycles. The molecule has 1 amide bonds. The third kappa shape index (κ3) is 4.42. The maximum absolute atomic E-state index is 11.6. The van der Waals surface area contributed by atoms with Gasteiger partial charge >= 0.3 is 0 Å². The van der Waals surface area contributed by atoms with Crippen molar-refractivity contribution < 1.29 is 9.72 Å². The van der Waals surface area contributed by atoms with Gasteiger partial charge in [0.15, 0.2) is 0 Å². The standard InChI is InChI=1S/C11H14BrN3O3/c12-9-7-8(15(17)18)4-5-10(9)14-11(16)3-1-2-6-13/h4-5,7H,1-3,6,13H2,(H,14,16). The van der Waals surface area contributed by atoms with Crippen LogP contribution in [0, 0.1) is 10.1 Å². The number of nitrogens with one attached hydrogen (secondary N) is 1. The first kappa shape index (κ1) is 14.6. The van der Waals surface area contributed by atoms with Gasteiger partial charge in [-0.3, -0.25) is 14.9 Å². The van der Waals surface area contributed by atoms with Crippen molar-refractivity contribution in [1.29, 1.82) is 0 Å². The van der Waals surface area contributed by atoms with Crippen molar-refractivity contribution in [3.8, 4) is 0 Å². The Bertz CT molecular complexity index is 451. The summed E-state index contributed by atoms with van der Waals surface area (Å²) < 4.78 is 0.490. The molecule has 7 heteroatoms. The Labute approximate surface area is 113 Å². The fraction of sp³-hybridized carbons (Fsp3) is 0.364. The summed E-state index contributed by atoms with van der Waals surface area (Å²) in [6.07, 6.45) is 1.92. The van der Waals surface area contributed by atoms with Crippen LogP contribution in [0.3, 0.4) is 0 Å². The minimum absolute atomic E-state index is 0.0250. The van der Waals surface area contributed by atoms with Gasteiger partial charge in [0.25, 0.3) is 5.69 Å². The van der Waals surface area contributed by atoms with Crippen molar-refractivity contribution in [1.82, 2.24) is 0 Å². The Balaban J connectivity index is 2.62. The lowest BCUT2D eigenvalue weighted by atomic mass is 10.2. The lowest BCUT2D eigenvalue weighted by Gasteiger charge is -2.06. The highest BCUT2D eigenvalue weighted by Gasteiger charge is 2.10. The van der Waals surface area contributed by atoms with Gasteiger partial charge in [-0.15, -0.1) is 0 Å². The SMILES string of the molecule is NCCCCC(=O)Nc1ccc([N+](=O)[O-])cc1Br. The number of amides is 1. The van der Waals surface area contributed by atoms with Gasteiger partial charge in [0.1, 0.15) is 0 Å². The number of hydrogen-bond acceptors (Lipinski definition) is 4. The van der Waals surface area contributed by atoms with Crippen LogP contribution in [0.1, 0.15) is 19.3 Å². The molecule has 0 heterocycles. The number of anilines is 1. The summed E-state index contributed by atoms with van der Waals surface area (Å²) in [6, 6.07) is 4.21. The summed E-state index contributed by atoms with van der Waals surface area (Å²) in [5.41, 5.74) is 5.83. The van der Waals surface area contributed by atoms with Gasteiger partial charge in [-0.05, 0) is 41.4 Å². The molecule has 0 bridgehead atoms. The van der Waals surface area contributed by atoms with E-state index in [1.54, 1.807) is 0 Å². The highest BCUT2D eigenvalue weighted by atomic mass is 79.9. The first-order chi connectivity index (χ1) is 8.54. The van der Waals surface area contributed by atoms with Crippen molar-refractivity contribution in [2.75, 3.05) is 11.9 Å². The Morgan fingerprint density at radius 3 is 2.72 bits per heavy atom. The fourth-order valence-electron chi connectivity index (χ4n) is 1.36. The molecule has 1 aromatic rings. The third-order valence-electron chi connectivity index (χ3n) is 2.30. The Kier molecular flexibility index (Phi) is 5.73. The van der Waals surface area contributed by atoms with Crippen LogP contribution in [0.25, 0.3) is 0 Å². The van der Waals surface area contributed by atoms with Gasteiger partial charge in [-0.1, -0.05) is 0 Å². The number of carbonyl (C=O) groups is 1. The number of nitro groups is 1. The van der Waals surface area contributed by atoms with Crippen LogP contribution in [0.5, 0.6) is 0 Å². The minimum Gasteiger partial charge on any atom is -0.330 e. The molecule has 0 aromatic heterocycles. The van der Waals surface area contributed by atoms with Crippen molar-refractivity contribution in [2.45, 2.75) is 19.3 Å². The molecule has 0 spiro atoms. The number of hydrogen-bond donors (Lipinski definition) is 2. The lowest BCUT2D eigenvalue weighted by molar-refractivity contribution is -0.384. The number of carbonyl (C=O) groups excluding carboxylic acids is 1. The molecule has 0 aliphatic rings. The van der Waals surface area contributed by atoms with E-state index in [0.29, 0.717) is 23.1 Å². The van der Waals surface area contributed by atoms with Crippen LogP contribution in [-0.2, 0) is 4.79 Å². The summed E-state index contributed by atoms with van der Waals surface area (Å²) in [6.45, 7) is 0.564. The first-order valence-corrected chi connectivity index (χ1v) is 6.27.